The van der Waals surface area contributed by atoms with Crippen LogP contribution in [0.2, 0.25) is 0 Å². The summed E-state index contributed by atoms with van der Waals surface area (Å²) in [4.78, 5) is 0. The number of rotatable bonds is 1. The standard InChI is InChI=1S/C10H17IS/c11-8-5-4-7(6-8)9-2-1-3-10(9)12/h7-10,12H,1-6H2. The normalized spacial score (nSPS) is 48.5. The average molecular weight is 296 g/mol. The van der Waals surface area contributed by atoms with Crippen molar-refractivity contribution in [2.75, 3.05) is 0 Å². The van der Waals surface area contributed by atoms with E-state index in [1.807, 2.05) is 0 Å². The van der Waals surface area contributed by atoms with Crippen molar-refractivity contribution in [2.45, 2.75) is 47.7 Å². The van der Waals surface area contributed by atoms with Gasteiger partial charge in [0.05, 0.1) is 0 Å². The summed E-state index contributed by atoms with van der Waals surface area (Å²) in [6.07, 6.45) is 8.68. The molecule has 0 spiro atoms. The highest BCUT2D eigenvalue weighted by Crippen LogP contribution is 2.44. The molecule has 12 heavy (non-hydrogen) atoms. The average Bonchev–Trinajstić information content (AvgIpc) is 2.58. The van der Waals surface area contributed by atoms with Crippen LogP contribution in [-0.4, -0.2) is 9.17 Å². The molecule has 0 N–H and O–H groups in total. The van der Waals surface area contributed by atoms with Crippen LogP contribution in [0.1, 0.15) is 38.5 Å². The molecule has 2 aliphatic carbocycles. The Morgan fingerprint density at radius 2 is 1.92 bits per heavy atom. The molecule has 2 fully saturated rings. The zero-order chi connectivity index (χ0) is 8.55. The number of hydrogen-bond acceptors (Lipinski definition) is 1. The molecule has 0 aromatic heterocycles. The maximum absolute atomic E-state index is 4.69. The van der Waals surface area contributed by atoms with Crippen molar-refractivity contribution >= 4 is 35.2 Å². The zero-order valence-corrected chi connectivity index (χ0v) is 10.4. The first kappa shape index (κ1) is 9.63. The Labute approximate surface area is 94.4 Å². The highest BCUT2D eigenvalue weighted by molar-refractivity contribution is 14.1. The number of thiol groups is 1. The summed E-state index contributed by atoms with van der Waals surface area (Å²) in [6, 6.07) is 0. The van der Waals surface area contributed by atoms with Crippen LogP contribution in [0.4, 0.5) is 0 Å². The van der Waals surface area contributed by atoms with Gasteiger partial charge in [-0.1, -0.05) is 29.0 Å². The lowest BCUT2D eigenvalue weighted by Crippen LogP contribution is -2.17. The molecule has 70 valence electrons. The summed E-state index contributed by atoms with van der Waals surface area (Å²) in [7, 11) is 0. The van der Waals surface area contributed by atoms with Crippen LogP contribution >= 0.6 is 35.2 Å². The molecule has 0 aromatic rings. The first-order chi connectivity index (χ1) is 5.77. The van der Waals surface area contributed by atoms with Gasteiger partial charge in [0.1, 0.15) is 0 Å². The minimum Gasteiger partial charge on any atom is -0.176 e. The minimum absolute atomic E-state index is 0.733. The van der Waals surface area contributed by atoms with Crippen LogP contribution in [-0.2, 0) is 0 Å². The Hall–Kier alpha value is 1.08. The van der Waals surface area contributed by atoms with E-state index >= 15 is 0 Å². The summed E-state index contributed by atoms with van der Waals surface area (Å²) in [5, 5.41) is 0.733. The van der Waals surface area contributed by atoms with Gasteiger partial charge < -0.3 is 0 Å². The fourth-order valence-corrected chi connectivity index (χ4v) is 4.45. The molecular weight excluding hydrogens is 279 g/mol. The molecule has 0 radical (unpaired) electrons. The van der Waals surface area contributed by atoms with E-state index in [1.165, 1.54) is 38.5 Å². The second-order valence-corrected chi connectivity index (χ2v) is 6.76. The quantitative estimate of drug-likeness (QED) is 0.426. The number of hydrogen-bond donors (Lipinski definition) is 1. The Kier molecular flexibility index (Phi) is 3.27. The SMILES string of the molecule is SC1CCCC1C1CCC(I)C1. The molecule has 2 rings (SSSR count). The first-order valence-electron chi connectivity index (χ1n) is 5.09. The van der Waals surface area contributed by atoms with Gasteiger partial charge in [0.2, 0.25) is 0 Å². The minimum atomic E-state index is 0.733. The predicted molar refractivity (Wildman–Crippen MR) is 65.3 cm³/mol. The molecule has 0 aliphatic heterocycles. The highest BCUT2D eigenvalue weighted by atomic mass is 127. The lowest BCUT2D eigenvalue weighted by molar-refractivity contribution is 0.356. The van der Waals surface area contributed by atoms with E-state index in [2.05, 4.69) is 35.2 Å². The number of alkyl halides is 1. The second kappa shape index (κ2) is 4.07. The molecule has 2 saturated carbocycles. The van der Waals surface area contributed by atoms with Crippen molar-refractivity contribution in [3.05, 3.63) is 0 Å². The van der Waals surface area contributed by atoms with E-state index in [9.17, 15) is 0 Å². The van der Waals surface area contributed by atoms with Crippen LogP contribution < -0.4 is 0 Å². The van der Waals surface area contributed by atoms with Gasteiger partial charge in [0.15, 0.2) is 0 Å². The monoisotopic (exact) mass is 296 g/mol. The summed E-state index contributed by atoms with van der Waals surface area (Å²) in [5.74, 6) is 1.99. The predicted octanol–water partition coefficient (Wildman–Crippen LogP) is 3.69. The van der Waals surface area contributed by atoms with Gasteiger partial charge in [-0.25, -0.2) is 0 Å². The first-order valence-corrected chi connectivity index (χ1v) is 6.85. The maximum atomic E-state index is 4.69. The van der Waals surface area contributed by atoms with E-state index in [4.69, 9.17) is 0 Å². The van der Waals surface area contributed by atoms with Gasteiger partial charge in [-0.2, -0.15) is 12.6 Å². The molecule has 0 aromatic carbocycles. The van der Waals surface area contributed by atoms with Crippen molar-refractivity contribution < 1.29 is 0 Å². The molecule has 0 nitrogen and oxygen atoms in total. The van der Waals surface area contributed by atoms with E-state index in [1.54, 1.807) is 0 Å². The molecule has 2 aliphatic rings. The smallest absolute Gasteiger partial charge is 0.0112 e. The van der Waals surface area contributed by atoms with Gasteiger partial charge in [-0.3, -0.25) is 0 Å². The van der Waals surface area contributed by atoms with E-state index < -0.39 is 0 Å². The Morgan fingerprint density at radius 1 is 1.08 bits per heavy atom. The molecule has 4 atom stereocenters. The topological polar surface area (TPSA) is 0 Å². The summed E-state index contributed by atoms with van der Waals surface area (Å²) >= 11 is 7.31. The fraction of sp³-hybridized carbons (Fsp3) is 1.00. The van der Waals surface area contributed by atoms with Crippen molar-refractivity contribution in [2.24, 2.45) is 11.8 Å². The van der Waals surface area contributed by atoms with E-state index in [-0.39, 0.29) is 0 Å². The lowest BCUT2D eigenvalue weighted by Gasteiger charge is -2.21. The summed E-state index contributed by atoms with van der Waals surface area (Å²) < 4.78 is 0.966. The van der Waals surface area contributed by atoms with Crippen LogP contribution in [0, 0.1) is 11.8 Å². The highest BCUT2D eigenvalue weighted by Gasteiger charge is 2.35. The molecule has 0 bridgehead atoms. The molecular formula is C10H17IS. The second-order valence-electron chi connectivity index (χ2n) is 4.33. The summed E-state index contributed by atoms with van der Waals surface area (Å²) in [5.41, 5.74) is 0. The molecule has 2 heteroatoms. The zero-order valence-electron chi connectivity index (χ0n) is 7.38. The van der Waals surface area contributed by atoms with Crippen LogP contribution in [0.25, 0.3) is 0 Å². The van der Waals surface area contributed by atoms with Gasteiger partial charge in [-0.15, -0.1) is 0 Å². The lowest BCUT2D eigenvalue weighted by atomic mass is 9.89. The summed E-state index contributed by atoms with van der Waals surface area (Å²) in [6.45, 7) is 0. The Balaban J connectivity index is 1.91. The van der Waals surface area contributed by atoms with Crippen LogP contribution in [0.3, 0.4) is 0 Å². The van der Waals surface area contributed by atoms with Gasteiger partial charge >= 0.3 is 0 Å². The third-order valence-electron chi connectivity index (χ3n) is 3.55. The fourth-order valence-electron chi connectivity index (χ4n) is 2.87. The van der Waals surface area contributed by atoms with Crippen molar-refractivity contribution in [1.29, 1.82) is 0 Å². The number of halogens is 1. The Morgan fingerprint density at radius 3 is 2.42 bits per heavy atom. The van der Waals surface area contributed by atoms with Gasteiger partial charge in [0, 0.05) is 9.17 Å². The van der Waals surface area contributed by atoms with E-state index in [0.29, 0.717) is 0 Å². The molecule has 0 amide bonds. The van der Waals surface area contributed by atoms with Gasteiger partial charge in [0.25, 0.3) is 0 Å². The molecule has 4 unspecified atom stereocenters. The maximum Gasteiger partial charge on any atom is 0.0112 e. The van der Waals surface area contributed by atoms with Crippen LogP contribution in [0.15, 0.2) is 0 Å². The van der Waals surface area contributed by atoms with Crippen molar-refractivity contribution in [1.82, 2.24) is 0 Å². The Bertz CT molecular complexity index is 160. The third kappa shape index (κ3) is 1.94. The van der Waals surface area contributed by atoms with Crippen molar-refractivity contribution in [3.63, 3.8) is 0 Å². The molecule has 0 heterocycles. The molecule has 0 saturated heterocycles. The largest absolute Gasteiger partial charge is 0.176 e. The van der Waals surface area contributed by atoms with Crippen molar-refractivity contribution in [3.8, 4) is 0 Å². The van der Waals surface area contributed by atoms with Gasteiger partial charge in [-0.05, 0) is 43.9 Å². The van der Waals surface area contributed by atoms with Crippen LogP contribution in [0.5, 0.6) is 0 Å². The third-order valence-corrected chi connectivity index (χ3v) is 5.32. The van der Waals surface area contributed by atoms with E-state index in [0.717, 1.165) is 21.0 Å².